The Morgan fingerprint density at radius 1 is 1.21 bits per heavy atom. The number of rotatable bonds is 4. The second kappa shape index (κ2) is 8.94. The molecule has 0 radical (unpaired) electrons. The van der Waals surface area contributed by atoms with Crippen LogP contribution in [0.4, 0.5) is 11.5 Å². The predicted octanol–water partition coefficient (Wildman–Crippen LogP) is -0.323. The maximum Gasteiger partial charge on any atom is 1.00 e. The van der Waals surface area contributed by atoms with Gasteiger partial charge in [-0.1, -0.05) is 17.8 Å². The Morgan fingerprint density at radius 2 is 2.03 bits per heavy atom. The Hall–Kier alpha value is -1.12. The van der Waals surface area contributed by atoms with Crippen LogP contribution < -0.4 is 40.0 Å². The Morgan fingerprint density at radius 3 is 2.90 bits per heavy atom. The zero-order valence-corrected chi connectivity index (χ0v) is 19.5. The summed E-state index contributed by atoms with van der Waals surface area (Å²) in [5.41, 5.74) is 2.39. The molecule has 0 spiro atoms. The van der Waals surface area contributed by atoms with Crippen molar-refractivity contribution in [1.82, 2.24) is 14.9 Å². The van der Waals surface area contributed by atoms with Gasteiger partial charge in [0.05, 0.1) is 5.69 Å². The van der Waals surface area contributed by atoms with Crippen molar-refractivity contribution < 1.29 is 39.5 Å². The number of hydrogen-bond acceptors (Lipinski definition) is 7. The monoisotopic (exact) mass is 418 g/mol. The largest absolute Gasteiger partial charge is 1.00 e. The van der Waals surface area contributed by atoms with Gasteiger partial charge in [-0.3, -0.25) is 4.90 Å². The third-order valence-corrected chi connectivity index (χ3v) is 7.33. The first-order valence-corrected chi connectivity index (χ1v) is 10.8. The summed E-state index contributed by atoms with van der Waals surface area (Å²) in [4.78, 5) is 23.4. The normalized spacial score (nSPS) is 25.2. The van der Waals surface area contributed by atoms with Crippen LogP contribution in [0.25, 0.3) is 0 Å². The van der Waals surface area contributed by atoms with Crippen LogP contribution in [0.1, 0.15) is 31.2 Å². The zero-order chi connectivity index (χ0) is 19.1. The average Bonchev–Trinajstić information content (AvgIpc) is 3.07. The summed E-state index contributed by atoms with van der Waals surface area (Å²) in [6.45, 7) is 3.13. The van der Waals surface area contributed by atoms with E-state index in [1.807, 2.05) is 0 Å². The molecule has 6 nitrogen and oxygen atoms in total. The minimum atomic E-state index is -0.899. The molecule has 0 amide bonds. The van der Waals surface area contributed by atoms with E-state index in [2.05, 4.69) is 38.4 Å². The van der Waals surface area contributed by atoms with E-state index in [0.29, 0.717) is 17.8 Å². The number of hydrogen-bond donors (Lipinski definition) is 1. The summed E-state index contributed by atoms with van der Waals surface area (Å²) in [7, 11) is 0. The van der Waals surface area contributed by atoms with Gasteiger partial charge in [-0.15, -0.1) is 0 Å². The molecule has 3 aliphatic rings. The summed E-state index contributed by atoms with van der Waals surface area (Å²) in [5.74, 6) is 1.57. The molecule has 3 heterocycles. The van der Waals surface area contributed by atoms with Crippen molar-refractivity contribution in [2.45, 2.75) is 42.1 Å². The fourth-order valence-corrected chi connectivity index (χ4v) is 5.89. The van der Waals surface area contributed by atoms with Gasteiger partial charge in [-0.05, 0) is 61.1 Å². The van der Waals surface area contributed by atoms with Gasteiger partial charge in [-0.25, -0.2) is 9.97 Å². The number of aromatic nitrogens is 2. The van der Waals surface area contributed by atoms with Crippen LogP contribution in [0, 0.1) is 17.8 Å². The van der Waals surface area contributed by atoms with Crippen LogP contribution >= 0.6 is 11.8 Å². The van der Waals surface area contributed by atoms with E-state index in [9.17, 15) is 9.90 Å². The Bertz CT molecular complexity index is 912. The molecule has 1 aromatic heterocycles. The number of benzene rings is 1. The van der Waals surface area contributed by atoms with Gasteiger partial charge in [0.2, 0.25) is 0 Å². The van der Waals surface area contributed by atoms with Crippen molar-refractivity contribution in [2.24, 2.45) is 17.8 Å². The maximum atomic E-state index is 10.9. The summed E-state index contributed by atoms with van der Waals surface area (Å²) in [5, 5.41) is 15.2. The topological polar surface area (TPSA) is 81.2 Å². The van der Waals surface area contributed by atoms with Gasteiger partial charge in [0.15, 0.2) is 5.82 Å². The number of carbonyl (C=O) groups excluding carboxylic acids is 1. The molecule has 1 aliphatic carbocycles. The summed E-state index contributed by atoms with van der Waals surface area (Å²) in [6.07, 6.45) is 6.87. The van der Waals surface area contributed by atoms with Gasteiger partial charge >= 0.3 is 29.6 Å². The number of likely N-dealkylation sites (tertiary alicyclic amines) is 1. The maximum absolute atomic E-state index is 10.9. The smallest absolute Gasteiger partial charge is 0.550 e. The molecule has 3 atom stereocenters. The zero-order valence-electron chi connectivity index (χ0n) is 16.6. The van der Waals surface area contributed by atoms with Crippen LogP contribution in [0.15, 0.2) is 40.5 Å². The number of aliphatic carboxylic acids is 1. The van der Waals surface area contributed by atoms with Crippen molar-refractivity contribution in [1.29, 1.82) is 0 Å². The number of fused-ring (bicyclic) bond motifs is 3. The Kier molecular flexibility index (Phi) is 6.51. The summed E-state index contributed by atoms with van der Waals surface area (Å²) in [6, 6.07) is 6.59. The van der Waals surface area contributed by atoms with Crippen LogP contribution in [0.5, 0.6) is 0 Å². The minimum Gasteiger partial charge on any atom is -0.550 e. The van der Waals surface area contributed by atoms with E-state index in [4.69, 9.17) is 0 Å². The van der Waals surface area contributed by atoms with E-state index in [1.54, 1.807) is 24.2 Å². The van der Waals surface area contributed by atoms with E-state index >= 15 is 0 Å². The molecule has 1 N–H and O–H groups in total. The summed E-state index contributed by atoms with van der Waals surface area (Å²) < 4.78 is 0. The third-order valence-electron chi connectivity index (χ3n) is 6.26. The van der Waals surface area contributed by atoms with Gasteiger partial charge in [-0.2, -0.15) is 0 Å². The predicted molar refractivity (Wildman–Crippen MR) is 105 cm³/mol. The van der Waals surface area contributed by atoms with Crippen molar-refractivity contribution in [3.63, 3.8) is 0 Å². The molecule has 3 unspecified atom stereocenters. The molecule has 0 bridgehead atoms. The van der Waals surface area contributed by atoms with Crippen molar-refractivity contribution in [2.75, 3.05) is 18.4 Å². The molecule has 5 rings (SSSR count). The van der Waals surface area contributed by atoms with Crippen LogP contribution in [0.3, 0.4) is 0 Å². The Labute approximate surface area is 197 Å². The number of nitrogens with zero attached hydrogens (tertiary/aromatic N) is 3. The minimum absolute atomic E-state index is 0. The van der Waals surface area contributed by atoms with E-state index in [1.165, 1.54) is 10.5 Å². The first kappa shape index (κ1) is 21.1. The SMILES string of the molecule is O=C([O-])CC1CCC2CN(Cc3ccc4c(c3)Nc3nccnc3S4)CC2C1.[Na+]. The van der Waals surface area contributed by atoms with Crippen LogP contribution in [0.2, 0.25) is 0 Å². The Balaban J connectivity index is 0.00000205. The molecular formula is C21H23N4NaO2S. The third kappa shape index (κ3) is 4.64. The molecule has 1 aromatic carbocycles. The second-order valence-electron chi connectivity index (χ2n) is 8.24. The standard InChI is InChI=1S/C21H24N4O2S.Na/c26-19(27)9-13-1-3-15-11-25(12-16(15)7-13)10-14-2-4-18-17(8-14)24-20-21(28-18)23-6-5-22-20;/h2,4-6,8,13,15-16H,1,3,7,9-12H2,(H,22,24)(H,26,27);/q;+1/p-1. The van der Waals surface area contributed by atoms with Gasteiger partial charge < -0.3 is 15.2 Å². The molecule has 8 heteroatoms. The van der Waals surface area contributed by atoms with Gasteiger partial charge in [0, 0.05) is 42.9 Å². The molecule has 29 heavy (non-hydrogen) atoms. The van der Waals surface area contributed by atoms with E-state index < -0.39 is 5.97 Å². The quantitative estimate of drug-likeness (QED) is 0.582. The van der Waals surface area contributed by atoms with Crippen molar-refractivity contribution in [3.8, 4) is 0 Å². The van der Waals surface area contributed by atoms with Crippen LogP contribution in [-0.4, -0.2) is 33.9 Å². The van der Waals surface area contributed by atoms with E-state index in [0.717, 1.165) is 55.4 Å². The van der Waals surface area contributed by atoms with E-state index in [-0.39, 0.29) is 36.0 Å². The van der Waals surface area contributed by atoms with Crippen molar-refractivity contribution in [3.05, 3.63) is 36.2 Å². The number of carbonyl (C=O) groups is 1. The number of carboxylic acids is 1. The molecule has 2 aliphatic heterocycles. The molecule has 2 fully saturated rings. The van der Waals surface area contributed by atoms with Gasteiger partial charge in [0.1, 0.15) is 5.03 Å². The van der Waals surface area contributed by atoms with Gasteiger partial charge in [0.25, 0.3) is 0 Å². The molecular weight excluding hydrogens is 395 g/mol. The molecule has 2 aromatic rings. The van der Waals surface area contributed by atoms with Crippen molar-refractivity contribution >= 4 is 29.2 Å². The second-order valence-corrected chi connectivity index (χ2v) is 9.27. The average molecular weight is 418 g/mol. The van der Waals surface area contributed by atoms with Crippen LogP contribution in [-0.2, 0) is 11.3 Å². The number of nitrogens with one attached hydrogen (secondary N) is 1. The first-order chi connectivity index (χ1) is 13.6. The summed E-state index contributed by atoms with van der Waals surface area (Å²) >= 11 is 1.65. The fourth-order valence-electron chi connectivity index (χ4n) is 5.01. The molecule has 146 valence electrons. The molecule has 1 saturated carbocycles. The number of carboxylic acid groups (broad SMARTS) is 1. The fraction of sp³-hybridized carbons (Fsp3) is 0.476. The number of anilines is 2. The molecule has 1 saturated heterocycles. The first-order valence-electron chi connectivity index (χ1n) is 9.95.